The average molecular weight is 403 g/mol. The van der Waals surface area contributed by atoms with E-state index in [1.807, 2.05) is 0 Å². The minimum absolute atomic E-state index is 0.878. The fourth-order valence-electron chi connectivity index (χ4n) is 5.64. The predicted molar refractivity (Wildman–Crippen MR) is 133 cm³/mol. The molecule has 6 rings (SSSR count). The van der Waals surface area contributed by atoms with Crippen molar-refractivity contribution in [2.45, 2.75) is 33.9 Å². The van der Waals surface area contributed by atoms with Gasteiger partial charge in [0.05, 0.1) is 11.0 Å². The van der Waals surface area contributed by atoms with Gasteiger partial charge in [0.2, 0.25) is 0 Å². The van der Waals surface area contributed by atoms with Gasteiger partial charge in [0.1, 0.15) is 0 Å². The van der Waals surface area contributed by atoms with E-state index >= 15 is 0 Å². The minimum atomic E-state index is 0.878. The Balaban J connectivity index is 1.85. The second-order valence-electron chi connectivity index (χ2n) is 8.55. The molecule has 0 fully saturated rings. The van der Waals surface area contributed by atoms with Crippen LogP contribution in [0, 0.1) is 13.8 Å². The van der Waals surface area contributed by atoms with Gasteiger partial charge in [0.25, 0.3) is 0 Å². The van der Waals surface area contributed by atoms with E-state index < -0.39 is 0 Å². The van der Waals surface area contributed by atoms with Gasteiger partial charge in [-0.1, -0.05) is 66.7 Å². The highest BCUT2D eigenvalue weighted by atomic mass is 15.0. The molecule has 4 aromatic carbocycles. The van der Waals surface area contributed by atoms with Crippen molar-refractivity contribution >= 4 is 43.6 Å². The lowest BCUT2D eigenvalue weighted by atomic mass is 9.98. The molecule has 6 aromatic rings. The molecule has 0 aliphatic heterocycles. The molecule has 2 aromatic heterocycles. The first-order chi connectivity index (χ1) is 15.2. The molecule has 2 heteroatoms. The van der Waals surface area contributed by atoms with Gasteiger partial charge in [-0.2, -0.15) is 0 Å². The lowest BCUT2D eigenvalue weighted by molar-refractivity contribution is 0.825. The topological polar surface area (TPSA) is 9.86 Å². The molecule has 0 radical (unpaired) electrons. The second kappa shape index (κ2) is 6.75. The highest BCUT2D eigenvalue weighted by Crippen LogP contribution is 2.42. The maximum Gasteiger partial charge on any atom is 0.0534 e. The molecule has 0 N–H and O–H groups in total. The van der Waals surface area contributed by atoms with Gasteiger partial charge in [0, 0.05) is 45.7 Å². The lowest BCUT2D eigenvalue weighted by Crippen LogP contribution is -2.01. The van der Waals surface area contributed by atoms with Gasteiger partial charge in [-0.15, -0.1) is 0 Å². The fraction of sp³-hybridized carbons (Fsp3) is 0.172. The molecule has 0 unspecified atom stereocenters. The largest absolute Gasteiger partial charge is 0.341 e. The van der Waals surface area contributed by atoms with Gasteiger partial charge < -0.3 is 9.13 Å². The number of para-hydroxylation sites is 2. The maximum absolute atomic E-state index is 2.53. The van der Waals surface area contributed by atoms with Crippen LogP contribution in [0.15, 0.2) is 78.9 Å². The molecule has 152 valence electrons. The summed E-state index contributed by atoms with van der Waals surface area (Å²) in [5.41, 5.74) is 9.50. The molecule has 2 heterocycles. The van der Waals surface area contributed by atoms with E-state index in [0.29, 0.717) is 0 Å². The third-order valence-electron chi connectivity index (χ3n) is 6.90. The zero-order valence-electron chi connectivity index (χ0n) is 18.3. The van der Waals surface area contributed by atoms with Crippen LogP contribution >= 0.6 is 0 Å². The number of fused-ring (bicyclic) bond motifs is 6. The van der Waals surface area contributed by atoms with Crippen LogP contribution in [0.1, 0.15) is 23.6 Å². The quantitative estimate of drug-likeness (QED) is 0.289. The van der Waals surface area contributed by atoms with Crippen molar-refractivity contribution in [3.05, 3.63) is 95.6 Å². The van der Waals surface area contributed by atoms with Crippen LogP contribution in [-0.2, 0) is 13.1 Å². The Morgan fingerprint density at radius 2 is 1.06 bits per heavy atom. The van der Waals surface area contributed by atoms with Crippen molar-refractivity contribution in [1.82, 2.24) is 9.13 Å². The molecule has 0 aliphatic rings. The Bertz CT molecular complexity index is 1600. The van der Waals surface area contributed by atoms with Crippen molar-refractivity contribution in [3.8, 4) is 0 Å². The number of aromatic nitrogens is 2. The van der Waals surface area contributed by atoms with Crippen LogP contribution in [0.2, 0.25) is 0 Å². The van der Waals surface area contributed by atoms with Crippen LogP contribution < -0.4 is 0 Å². The van der Waals surface area contributed by atoms with Crippen molar-refractivity contribution in [1.29, 1.82) is 0 Å². The number of hydrogen-bond acceptors (Lipinski definition) is 0. The minimum Gasteiger partial charge on any atom is -0.341 e. The van der Waals surface area contributed by atoms with Crippen molar-refractivity contribution in [2.24, 2.45) is 0 Å². The van der Waals surface area contributed by atoms with Gasteiger partial charge in [-0.05, 0) is 49.6 Å². The van der Waals surface area contributed by atoms with E-state index in [1.54, 1.807) is 0 Å². The number of benzene rings is 4. The van der Waals surface area contributed by atoms with Crippen LogP contribution in [-0.4, -0.2) is 9.13 Å². The van der Waals surface area contributed by atoms with Crippen LogP contribution in [0.25, 0.3) is 43.6 Å². The number of nitrogens with zero attached hydrogens (tertiary/aromatic N) is 2. The standard InChI is InChI=1S/C29H26N2/c1-4-30-24-16-10-8-14-22(24)26-20(3)29-27(19(2)28(26)30)23-15-9-11-17-25(23)31(29)18-21-12-6-5-7-13-21/h5-17H,4,18H2,1-3H3. The Morgan fingerprint density at radius 3 is 1.65 bits per heavy atom. The van der Waals surface area contributed by atoms with E-state index in [-0.39, 0.29) is 0 Å². The monoisotopic (exact) mass is 402 g/mol. The van der Waals surface area contributed by atoms with Crippen molar-refractivity contribution in [2.75, 3.05) is 0 Å². The highest BCUT2D eigenvalue weighted by molar-refractivity contribution is 6.22. The molecule has 0 saturated heterocycles. The first-order valence-corrected chi connectivity index (χ1v) is 11.2. The van der Waals surface area contributed by atoms with E-state index in [0.717, 1.165) is 13.1 Å². The number of aryl methyl sites for hydroxylation is 3. The van der Waals surface area contributed by atoms with Crippen LogP contribution in [0.3, 0.4) is 0 Å². The molecule has 0 bridgehead atoms. The van der Waals surface area contributed by atoms with E-state index in [9.17, 15) is 0 Å². The van der Waals surface area contributed by atoms with Crippen molar-refractivity contribution in [3.63, 3.8) is 0 Å². The van der Waals surface area contributed by atoms with Gasteiger partial charge in [-0.3, -0.25) is 0 Å². The van der Waals surface area contributed by atoms with E-state index in [1.165, 1.54) is 60.3 Å². The summed E-state index contributed by atoms with van der Waals surface area (Å²) in [7, 11) is 0. The second-order valence-corrected chi connectivity index (χ2v) is 8.55. The SMILES string of the molecule is CCn1c2ccccc2c2c(C)c3c(c(C)c21)c1ccccc1n3Cc1ccccc1. The van der Waals surface area contributed by atoms with Crippen LogP contribution in [0.4, 0.5) is 0 Å². The summed E-state index contributed by atoms with van der Waals surface area (Å²) in [5.74, 6) is 0. The zero-order valence-corrected chi connectivity index (χ0v) is 18.3. The first kappa shape index (κ1) is 18.3. The normalized spacial score (nSPS) is 12.0. The van der Waals surface area contributed by atoms with Crippen molar-refractivity contribution < 1.29 is 0 Å². The summed E-state index contributed by atoms with van der Waals surface area (Å²) < 4.78 is 5.02. The first-order valence-electron chi connectivity index (χ1n) is 11.2. The van der Waals surface area contributed by atoms with E-state index in [2.05, 4.69) is 109 Å². The van der Waals surface area contributed by atoms with Gasteiger partial charge >= 0.3 is 0 Å². The molecule has 2 nitrogen and oxygen atoms in total. The van der Waals surface area contributed by atoms with Gasteiger partial charge in [-0.25, -0.2) is 0 Å². The summed E-state index contributed by atoms with van der Waals surface area (Å²) in [4.78, 5) is 0. The molecule has 0 amide bonds. The summed E-state index contributed by atoms with van der Waals surface area (Å²) in [6, 6.07) is 28.6. The maximum atomic E-state index is 2.53. The third-order valence-corrected chi connectivity index (χ3v) is 6.90. The summed E-state index contributed by atoms with van der Waals surface area (Å²) in [6.45, 7) is 8.73. The summed E-state index contributed by atoms with van der Waals surface area (Å²) in [5, 5.41) is 5.51. The zero-order chi connectivity index (χ0) is 21.1. The van der Waals surface area contributed by atoms with E-state index in [4.69, 9.17) is 0 Å². The molecular weight excluding hydrogens is 376 g/mol. The molecule has 0 spiro atoms. The Labute approximate surface area is 182 Å². The molecule has 0 atom stereocenters. The summed E-state index contributed by atoms with van der Waals surface area (Å²) in [6.07, 6.45) is 0. The Kier molecular flexibility index (Phi) is 3.97. The third kappa shape index (κ3) is 2.45. The molecule has 0 saturated carbocycles. The number of rotatable bonds is 3. The highest BCUT2D eigenvalue weighted by Gasteiger charge is 2.22. The lowest BCUT2D eigenvalue weighted by Gasteiger charge is -2.13. The Hall–Kier alpha value is -3.52. The molecular formula is C29H26N2. The molecule has 0 aliphatic carbocycles. The van der Waals surface area contributed by atoms with Crippen LogP contribution in [0.5, 0.6) is 0 Å². The molecule has 31 heavy (non-hydrogen) atoms. The predicted octanol–water partition coefficient (Wildman–Crippen LogP) is 7.59. The smallest absolute Gasteiger partial charge is 0.0534 e. The average Bonchev–Trinajstić information content (AvgIpc) is 3.32. The van der Waals surface area contributed by atoms with Gasteiger partial charge in [0.15, 0.2) is 0 Å². The fourth-order valence-corrected chi connectivity index (χ4v) is 5.64. The number of hydrogen-bond donors (Lipinski definition) is 0. The summed E-state index contributed by atoms with van der Waals surface area (Å²) >= 11 is 0. The Morgan fingerprint density at radius 1 is 0.581 bits per heavy atom.